The number of rotatable bonds is 3. The molecule has 4 nitrogen and oxygen atoms in total. The van der Waals surface area contributed by atoms with Crippen LogP contribution >= 0.6 is 11.8 Å². The van der Waals surface area contributed by atoms with Gasteiger partial charge in [0.2, 0.25) is 0 Å². The summed E-state index contributed by atoms with van der Waals surface area (Å²) >= 11 is 1.85. The van der Waals surface area contributed by atoms with Crippen molar-refractivity contribution in [1.29, 1.82) is 0 Å². The van der Waals surface area contributed by atoms with Crippen LogP contribution in [0, 0.1) is 0 Å². The maximum absolute atomic E-state index is 5.36. The van der Waals surface area contributed by atoms with Crippen molar-refractivity contribution in [2.45, 2.75) is 32.4 Å². The minimum atomic E-state index is 0.463. The minimum absolute atomic E-state index is 0.463. The molecule has 2 unspecified atom stereocenters. The Morgan fingerprint density at radius 2 is 2.29 bits per heavy atom. The van der Waals surface area contributed by atoms with E-state index in [9.17, 15) is 0 Å². The van der Waals surface area contributed by atoms with Crippen molar-refractivity contribution in [2.75, 3.05) is 38.6 Å². The summed E-state index contributed by atoms with van der Waals surface area (Å²) in [6, 6.07) is 0.944. The Labute approximate surface area is 108 Å². The summed E-state index contributed by atoms with van der Waals surface area (Å²) in [5, 5.41) is 4.66. The van der Waals surface area contributed by atoms with Crippen LogP contribution in [0.15, 0.2) is 4.99 Å². The van der Waals surface area contributed by atoms with Crippen molar-refractivity contribution in [3.63, 3.8) is 0 Å². The fourth-order valence-electron chi connectivity index (χ4n) is 2.13. The van der Waals surface area contributed by atoms with Crippen LogP contribution in [0.4, 0.5) is 0 Å². The van der Waals surface area contributed by atoms with E-state index in [1.807, 2.05) is 11.8 Å². The molecular weight excluding hydrogens is 234 g/mol. The second kappa shape index (κ2) is 6.61. The number of hydrogen-bond acceptors (Lipinski definition) is 5. The summed E-state index contributed by atoms with van der Waals surface area (Å²) in [5.74, 6) is 1.19. The van der Waals surface area contributed by atoms with E-state index >= 15 is 0 Å². The lowest BCUT2D eigenvalue weighted by Gasteiger charge is -2.30. The van der Waals surface area contributed by atoms with Crippen molar-refractivity contribution in [2.24, 2.45) is 4.99 Å². The van der Waals surface area contributed by atoms with Gasteiger partial charge in [0.25, 0.3) is 0 Å². The quantitative estimate of drug-likeness (QED) is 0.824. The Morgan fingerprint density at radius 3 is 3.00 bits per heavy atom. The number of aliphatic imine (C=N–C) groups is 1. The van der Waals surface area contributed by atoms with E-state index in [-0.39, 0.29) is 0 Å². The molecule has 0 aliphatic carbocycles. The van der Waals surface area contributed by atoms with Crippen LogP contribution in [0.5, 0.6) is 0 Å². The van der Waals surface area contributed by atoms with Crippen LogP contribution in [0.3, 0.4) is 0 Å². The second-order valence-corrected chi connectivity index (χ2v) is 5.96. The molecule has 1 N–H and O–H groups in total. The Hall–Kier alpha value is -0.260. The lowest BCUT2D eigenvalue weighted by atomic mass is 10.3. The predicted molar refractivity (Wildman–Crippen MR) is 73.8 cm³/mol. The van der Waals surface area contributed by atoms with Gasteiger partial charge in [-0.2, -0.15) is 0 Å². The zero-order valence-electron chi connectivity index (χ0n) is 10.8. The molecule has 0 aromatic rings. The monoisotopic (exact) mass is 257 g/mol. The molecule has 2 heterocycles. The van der Waals surface area contributed by atoms with E-state index in [4.69, 9.17) is 4.74 Å². The van der Waals surface area contributed by atoms with E-state index in [1.165, 1.54) is 12.2 Å². The smallest absolute Gasteiger partial charge is 0.157 e. The number of ether oxygens (including phenoxy) is 1. The molecule has 1 fully saturated rings. The number of morpholine rings is 1. The summed E-state index contributed by atoms with van der Waals surface area (Å²) in [6.45, 7) is 9.37. The van der Waals surface area contributed by atoms with Gasteiger partial charge in [0.1, 0.15) is 0 Å². The molecule has 98 valence electrons. The maximum Gasteiger partial charge on any atom is 0.157 e. The Morgan fingerprint density at radius 1 is 1.53 bits per heavy atom. The number of nitrogens with one attached hydrogen (secondary N) is 1. The standard InChI is InChI=1S/C12H23N3OS/c1-10-3-8-17-12(13-10)14-11(2)9-15-4-6-16-7-5-15/h10-11H,3-9H2,1-2H3,(H,13,14). The van der Waals surface area contributed by atoms with Crippen molar-refractivity contribution < 1.29 is 4.74 Å². The highest BCUT2D eigenvalue weighted by molar-refractivity contribution is 8.13. The summed E-state index contributed by atoms with van der Waals surface area (Å²) < 4.78 is 5.36. The lowest BCUT2D eigenvalue weighted by molar-refractivity contribution is 0.0353. The summed E-state index contributed by atoms with van der Waals surface area (Å²) in [4.78, 5) is 7.10. The maximum atomic E-state index is 5.36. The fraction of sp³-hybridized carbons (Fsp3) is 0.917. The first-order valence-corrected chi connectivity index (χ1v) is 7.50. The molecule has 17 heavy (non-hydrogen) atoms. The summed E-state index contributed by atoms with van der Waals surface area (Å²) in [5.41, 5.74) is 0. The number of amidine groups is 1. The lowest BCUT2D eigenvalue weighted by Crippen LogP contribution is -2.46. The number of nitrogens with zero attached hydrogens (tertiary/aromatic N) is 2. The molecule has 0 bridgehead atoms. The van der Waals surface area contributed by atoms with Crippen molar-refractivity contribution in [1.82, 2.24) is 10.2 Å². The van der Waals surface area contributed by atoms with Gasteiger partial charge in [-0.05, 0) is 20.3 Å². The molecule has 2 aliphatic heterocycles. The van der Waals surface area contributed by atoms with Gasteiger partial charge in [-0.3, -0.25) is 9.89 Å². The van der Waals surface area contributed by atoms with E-state index in [0.29, 0.717) is 12.1 Å². The van der Waals surface area contributed by atoms with Crippen molar-refractivity contribution >= 4 is 16.9 Å². The van der Waals surface area contributed by atoms with E-state index < -0.39 is 0 Å². The highest BCUT2D eigenvalue weighted by Gasteiger charge is 2.16. The number of hydrogen-bond donors (Lipinski definition) is 1. The van der Waals surface area contributed by atoms with Crippen molar-refractivity contribution in [3.05, 3.63) is 0 Å². The van der Waals surface area contributed by atoms with Gasteiger partial charge in [-0.25, -0.2) is 0 Å². The largest absolute Gasteiger partial charge is 0.379 e. The molecule has 2 atom stereocenters. The van der Waals surface area contributed by atoms with E-state index in [2.05, 4.69) is 29.1 Å². The third-order valence-electron chi connectivity index (χ3n) is 3.12. The predicted octanol–water partition coefficient (Wildman–Crippen LogP) is 1.18. The van der Waals surface area contributed by atoms with Crippen LogP contribution in [0.25, 0.3) is 0 Å². The molecule has 1 saturated heterocycles. The molecule has 0 aromatic carbocycles. The Bertz CT molecular complexity index is 266. The van der Waals surface area contributed by atoms with Crippen LogP contribution in [0.2, 0.25) is 0 Å². The van der Waals surface area contributed by atoms with Crippen LogP contribution in [0.1, 0.15) is 20.3 Å². The second-order valence-electron chi connectivity index (χ2n) is 4.88. The van der Waals surface area contributed by atoms with Gasteiger partial charge in [0.15, 0.2) is 5.17 Å². The third-order valence-corrected chi connectivity index (χ3v) is 4.05. The first-order chi connectivity index (χ1) is 8.24. The van der Waals surface area contributed by atoms with Gasteiger partial charge in [-0.1, -0.05) is 11.8 Å². The molecular formula is C12H23N3OS. The van der Waals surface area contributed by atoms with Gasteiger partial charge >= 0.3 is 0 Å². The van der Waals surface area contributed by atoms with Crippen LogP contribution in [-0.2, 0) is 4.74 Å². The Balaban J connectivity index is 1.74. The molecule has 5 heteroatoms. The summed E-state index contributed by atoms with van der Waals surface area (Å²) in [7, 11) is 0. The average molecular weight is 257 g/mol. The van der Waals surface area contributed by atoms with Crippen LogP contribution < -0.4 is 5.32 Å². The molecule has 0 amide bonds. The van der Waals surface area contributed by atoms with Gasteiger partial charge in [0, 0.05) is 31.4 Å². The summed E-state index contributed by atoms with van der Waals surface area (Å²) in [6.07, 6.45) is 1.20. The fourth-order valence-corrected chi connectivity index (χ4v) is 3.33. The van der Waals surface area contributed by atoms with Gasteiger partial charge in [-0.15, -0.1) is 0 Å². The SMILES string of the molecule is CC1CCSC(NC(C)CN2CCOCC2)=N1. The van der Waals surface area contributed by atoms with Crippen molar-refractivity contribution in [3.8, 4) is 0 Å². The molecule has 0 saturated carbocycles. The zero-order chi connectivity index (χ0) is 12.1. The molecule has 2 aliphatic rings. The van der Waals surface area contributed by atoms with Gasteiger partial charge in [0.05, 0.1) is 19.3 Å². The first-order valence-electron chi connectivity index (χ1n) is 6.51. The molecule has 0 spiro atoms. The third kappa shape index (κ3) is 4.48. The number of thioether (sulfide) groups is 1. The molecule has 0 aromatic heterocycles. The zero-order valence-corrected chi connectivity index (χ0v) is 11.6. The molecule has 0 radical (unpaired) electrons. The van der Waals surface area contributed by atoms with E-state index in [0.717, 1.165) is 38.0 Å². The average Bonchev–Trinajstić information content (AvgIpc) is 2.30. The normalized spacial score (nSPS) is 28.6. The van der Waals surface area contributed by atoms with Gasteiger partial charge < -0.3 is 10.1 Å². The highest BCUT2D eigenvalue weighted by atomic mass is 32.2. The topological polar surface area (TPSA) is 36.9 Å². The van der Waals surface area contributed by atoms with Crippen LogP contribution in [-0.4, -0.2) is 60.8 Å². The molecule has 2 rings (SSSR count). The Kier molecular flexibility index (Phi) is 5.13. The first kappa shape index (κ1) is 13.2. The minimum Gasteiger partial charge on any atom is -0.379 e. The van der Waals surface area contributed by atoms with E-state index in [1.54, 1.807) is 0 Å². The highest BCUT2D eigenvalue weighted by Crippen LogP contribution is 2.16.